The number of thiol groups is 1. The highest BCUT2D eigenvalue weighted by Crippen LogP contribution is 2.19. The maximum Gasteiger partial charge on any atom is 0.326 e. The Balaban J connectivity index is 2.09. The number of thioether (sulfide) groups is 1. The van der Waals surface area contributed by atoms with Crippen LogP contribution >= 0.6 is 24.4 Å². The number of hydrogen-bond acceptors (Lipinski definition) is 8. The van der Waals surface area contributed by atoms with Gasteiger partial charge in [-0.15, -0.1) is 0 Å². The molecule has 1 aliphatic heterocycles. The molecule has 1 aromatic carbocycles. The second kappa shape index (κ2) is 13.4. The van der Waals surface area contributed by atoms with Crippen molar-refractivity contribution in [3.8, 4) is 5.75 Å². The number of amides is 3. The number of carboxylic acids is 1. The van der Waals surface area contributed by atoms with E-state index in [1.54, 1.807) is 12.1 Å². The number of carboxylic acid groups (broad SMARTS) is 1. The van der Waals surface area contributed by atoms with Gasteiger partial charge in [0.2, 0.25) is 17.7 Å². The quantitative estimate of drug-likeness (QED) is 0.213. The van der Waals surface area contributed by atoms with Crippen molar-refractivity contribution in [2.45, 2.75) is 49.9 Å². The number of nitrogens with one attached hydrogen (secondary N) is 2. The molecule has 0 aliphatic carbocycles. The van der Waals surface area contributed by atoms with E-state index in [1.807, 2.05) is 6.26 Å². The van der Waals surface area contributed by atoms with Gasteiger partial charge in [0.25, 0.3) is 0 Å². The van der Waals surface area contributed by atoms with Gasteiger partial charge in [-0.2, -0.15) is 24.4 Å². The van der Waals surface area contributed by atoms with Crippen LogP contribution in [0.5, 0.6) is 5.75 Å². The van der Waals surface area contributed by atoms with Crippen molar-refractivity contribution in [1.29, 1.82) is 0 Å². The molecule has 1 aliphatic rings. The van der Waals surface area contributed by atoms with Gasteiger partial charge >= 0.3 is 5.97 Å². The first-order valence-corrected chi connectivity index (χ1v) is 13.0. The van der Waals surface area contributed by atoms with Crippen molar-refractivity contribution >= 4 is 48.1 Å². The number of hydrogen-bond donors (Lipinski definition) is 6. The monoisotopic (exact) mass is 512 g/mol. The van der Waals surface area contributed by atoms with E-state index >= 15 is 0 Å². The summed E-state index contributed by atoms with van der Waals surface area (Å²) >= 11 is 5.54. The summed E-state index contributed by atoms with van der Waals surface area (Å²) < 4.78 is 0. The minimum Gasteiger partial charge on any atom is -0.508 e. The largest absolute Gasteiger partial charge is 0.508 e. The molecule has 34 heavy (non-hydrogen) atoms. The Morgan fingerprint density at radius 3 is 2.47 bits per heavy atom. The fourth-order valence-electron chi connectivity index (χ4n) is 3.71. The molecule has 12 heteroatoms. The van der Waals surface area contributed by atoms with Gasteiger partial charge in [-0.05, 0) is 49.0 Å². The Kier molecular flexibility index (Phi) is 11.0. The molecule has 0 bridgehead atoms. The molecule has 1 fully saturated rings. The molecule has 4 atom stereocenters. The highest BCUT2D eigenvalue weighted by Gasteiger charge is 2.37. The number of nitrogens with two attached hydrogens (primary N) is 1. The van der Waals surface area contributed by atoms with Crippen LogP contribution in [-0.4, -0.2) is 87.3 Å². The zero-order valence-electron chi connectivity index (χ0n) is 19.0. The van der Waals surface area contributed by atoms with Gasteiger partial charge in [0, 0.05) is 18.7 Å². The second-order valence-corrected chi connectivity index (χ2v) is 9.44. The SMILES string of the molecule is CSCCC(NC(=O)C1CCCN1C(=O)C(N)CS)C(=O)NC(Cc1ccc(O)cc1)C(=O)O. The molecule has 6 N–H and O–H groups in total. The number of phenols is 1. The summed E-state index contributed by atoms with van der Waals surface area (Å²) in [7, 11) is 0. The van der Waals surface area contributed by atoms with Gasteiger partial charge < -0.3 is 31.5 Å². The van der Waals surface area contributed by atoms with Crippen LogP contribution < -0.4 is 16.4 Å². The third-order valence-corrected chi connectivity index (χ3v) is 6.62. The predicted octanol–water partition coefficient (Wildman–Crippen LogP) is -0.00990. The lowest BCUT2D eigenvalue weighted by molar-refractivity contribution is -0.143. The molecular weight excluding hydrogens is 480 g/mol. The molecule has 0 radical (unpaired) electrons. The van der Waals surface area contributed by atoms with Crippen molar-refractivity contribution in [3.05, 3.63) is 29.8 Å². The van der Waals surface area contributed by atoms with Crippen LogP contribution in [0.2, 0.25) is 0 Å². The molecular formula is C22H32N4O6S2. The van der Waals surface area contributed by atoms with Crippen LogP contribution in [0.25, 0.3) is 0 Å². The fraction of sp³-hybridized carbons (Fsp3) is 0.545. The van der Waals surface area contributed by atoms with Crippen LogP contribution in [0.3, 0.4) is 0 Å². The maximum atomic E-state index is 13.0. The van der Waals surface area contributed by atoms with Crippen molar-refractivity contribution in [3.63, 3.8) is 0 Å². The Morgan fingerprint density at radius 1 is 1.21 bits per heavy atom. The topological polar surface area (TPSA) is 162 Å². The Labute approximate surface area is 208 Å². The van der Waals surface area contributed by atoms with Crippen LogP contribution in [-0.2, 0) is 25.6 Å². The van der Waals surface area contributed by atoms with Crippen molar-refractivity contribution in [2.24, 2.45) is 5.73 Å². The fourth-order valence-corrected chi connectivity index (χ4v) is 4.33. The normalized spacial score (nSPS) is 18.1. The van der Waals surface area contributed by atoms with Gasteiger partial charge in [-0.1, -0.05) is 12.1 Å². The van der Waals surface area contributed by atoms with Crippen LogP contribution in [0.1, 0.15) is 24.8 Å². The lowest BCUT2D eigenvalue weighted by Gasteiger charge is -2.28. The molecule has 0 spiro atoms. The molecule has 2 rings (SSSR count). The molecule has 1 aromatic rings. The average Bonchev–Trinajstić information content (AvgIpc) is 3.31. The molecule has 0 aromatic heterocycles. The Bertz CT molecular complexity index is 869. The third-order valence-electron chi connectivity index (χ3n) is 5.59. The Morgan fingerprint density at radius 2 is 1.88 bits per heavy atom. The summed E-state index contributed by atoms with van der Waals surface area (Å²) in [6, 6.07) is 2.29. The molecule has 10 nitrogen and oxygen atoms in total. The number of carbonyl (C=O) groups excluding carboxylic acids is 3. The number of likely N-dealkylation sites (tertiary alicyclic amines) is 1. The zero-order valence-corrected chi connectivity index (χ0v) is 20.7. The van der Waals surface area contributed by atoms with Crippen LogP contribution in [0.4, 0.5) is 0 Å². The van der Waals surface area contributed by atoms with Crippen LogP contribution in [0, 0.1) is 0 Å². The number of phenolic OH excluding ortho intramolecular Hbond substituents is 1. The van der Waals surface area contributed by atoms with Gasteiger partial charge in [-0.3, -0.25) is 14.4 Å². The standard InChI is InChI=1S/C22H32N4O6S2/c1-34-10-8-16(24-20(29)18-3-2-9-26(18)21(30)15(23)12-33)19(28)25-17(22(31)32)11-13-4-6-14(27)7-5-13/h4-7,15-18,27,33H,2-3,8-12,23H2,1H3,(H,24,29)(H,25,28)(H,31,32). The van der Waals surface area contributed by atoms with Gasteiger partial charge in [0.05, 0.1) is 6.04 Å². The number of aromatic hydroxyl groups is 1. The lowest BCUT2D eigenvalue weighted by Crippen LogP contribution is -2.57. The molecule has 188 valence electrons. The molecule has 1 saturated heterocycles. The smallest absolute Gasteiger partial charge is 0.326 e. The van der Waals surface area contributed by atoms with Gasteiger partial charge in [0.1, 0.15) is 23.9 Å². The molecule has 1 heterocycles. The minimum absolute atomic E-state index is 0.0110. The summed E-state index contributed by atoms with van der Waals surface area (Å²) in [6.45, 7) is 0.397. The van der Waals surface area contributed by atoms with Crippen molar-refractivity contribution < 1.29 is 29.4 Å². The third kappa shape index (κ3) is 7.81. The van der Waals surface area contributed by atoms with E-state index < -0.39 is 42.0 Å². The Hall–Kier alpha value is -2.44. The highest BCUT2D eigenvalue weighted by molar-refractivity contribution is 7.98. The minimum atomic E-state index is -1.22. The maximum absolute atomic E-state index is 13.0. The van der Waals surface area contributed by atoms with Gasteiger partial charge in [0.15, 0.2) is 0 Å². The number of nitrogens with zero attached hydrogens (tertiary/aromatic N) is 1. The van der Waals surface area contributed by atoms with E-state index in [9.17, 15) is 29.4 Å². The first kappa shape index (κ1) is 27.8. The summed E-state index contributed by atoms with van der Waals surface area (Å²) in [5.74, 6) is -1.90. The highest BCUT2D eigenvalue weighted by atomic mass is 32.2. The summed E-state index contributed by atoms with van der Waals surface area (Å²) in [6.07, 6.45) is 3.25. The number of benzene rings is 1. The van der Waals surface area contributed by atoms with E-state index in [0.717, 1.165) is 0 Å². The molecule has 4 unspecified atom stereocenters. The average molecular weight is 513 g/mol. The lowest BCUT2D eigenvalue weighted by atomic mass is 10.0. The van der Waals surface area contributed by atoms with E-state index in [2.05, 4.69) is 23.3 Å². The number of aliphatic carboxylic acids is 1. The number of carbonyl (C=O) groups is 4. The summed E-state index contributed by atoms with van der Waals surface area (Å²) in [5, 5.41) is 24.2. The summed E-state index contributed by atoms with van der Waals surface area (Å²) in [5.41, 5.74) is 6.41. The molecule has 0 saturated carbocycles. The van der Waals surface area contributed by atoms with E-state index in [-0.39, 0.29) is 23.8 Å². The van der Waals surface area contributed by atoms with E-state index in [1.165, 1.54) is 28.8 Å². The van der Waals surface area contributed by atoms with Crippen molar-refractivity contribution in [1.82, 2.24) is 15.5 Å². The van der Waals surface area contributed by atoms with E-state index in [4.69, 9.17) is 5.73 Å². The van der Waals surface area contributed by atoms with Crippen LogP contribution in [0.15, 0.2) is 24.3 Å². The first-order chi connectivity index (χ1) is 16.2. The first-order valence-electron chi connectivity index (χ1n) is 10.9. The van der Waals surface area contributed by atoms with Crippen molar-refractivity contribution in [2.75, 3.05) is 24.3 Å². The molecule has 3 amide bonds. The zero-order chi connectivity index (χ0) is 25.3. The van der Waals surface area contributed by atoms with E-state index in [0.29, 0.717) is 37.1 Å². The van der Waals surface area contributed by atoms with Gasteiger partial charge in [-0.25, -0.2) is 4.79 Å². The summed E-state index contributed by atoms with van der Waals surface area (Å²) in [4.78, 5) is 51.7. The second-order valence-electron chi connectivity index (χ2n) is 8.09. The predicted molar refractivity (Wildman–Crippen MR) is 133 cm³/mol. The number of rotatable bonds is 12.